The maximum absolute atomic E-state index is 5.95. The maximum atomic E-state index is 5.95. The van der Waals surface area contributed by atoms with Gasteiger partial charge in [0.2, 0.25) is 0 Å². The van der Waals surface area contributed by atoms with Gasteiger partial charge in [0.25, 0.3) is 0 Å². The molecular formula is C12H16ClNO. The molecule has 1 aliphatic rings. The van der Waals surface area contributed by atoms with Crippen LogP contribution in [-0.2, 0) is 6.42 Å². The number of ether oxygens (including phenoxy) is 1. The first-order valence-electron chi connectivity index (χ1n) is 5.35. The zero-order valence-corrected chi connectivity index (χ0v) is 9.68. The van der Waals surface area contributed by atoms with Crippen LogP contribution in [0.1, 0.15) is 18.4 Å². The van der Waals surface area contributed by atoms with Gasteiger partial charge in [-0.25, -0.2) is 0 Å². The molecule has 0 atom stereocenters. The van der Waals surface area contributed by atoms with Gasteiger partial charge in [-0.3, -0.25) is 0 Å². The van der Waals surface area contributed by atoms with Crippen LogP contribution in [0.4, 0.5) is 0 Å². The van der Waals surface area contributed by atoms with Crippen LogP contribution in [0.5, 0.6) is 5.75 Å². The SMILES string of the molecule is COc1cc(CCNC2CC2)ccc1Cl. The van der Waals surface area contributed by atoms with Crippen molar-refractivity contribution in [1.82, 2.24) is 5.32 Å². The molecule has 0 aromatic heterocycles. The van der Waals surface area contributed by atoms with Crippen molar-refractivity contribution in [3.63, 3.8) is 0 Å². The van der Waals surface area contributed by atoms with Gasteiger partial charge in [-0.1, -0.05) is 17.7 Å². The third kappa shape index (κ3) is 3.11. The van der Waals surface area contributed by atoms with E-state index in [0.29, 0.717) is 5.02 Å². The Labute approximate surface area is 95.6 Å². The minimum absolute atomic E-state index is 0.677. The van der Waals surface area contributed by atoms with Crippen LogP contribution in [0.25, 0.3) is 0 Å². The molecule has 0 spiro atoms. The molecule has 15 heavy (non-hydrogen) atoms. The molecule has 1 aliphatic carbocycles. The molecule has 0 unspecified atom stereocenters. The first-order chi connectivity index (χ1) is 7.29. The van der Waals surface area contributed by atoms with Crippen molar-refractivity contribution in [2.45, 2.75) is 25.3 Å². The fourth-order valence-electron chi connectivity index (χ4n) is 1.57. The molecule has 1 saturated carbocycles. The average Bonchev–Trinajstić information content (AvgIpc) is 3.04. The number of hydrogen-bond donors (Lipinski definition) is 1. The van der Waals surface area contributed by atoms with Gasteiger partial charge in [0, 0.05) is 6.04 Å². The molecular weight excluding hydrogens is 210 g/mol. The fourth-order valence-corrected chi connectivity index (χ4v) is 1.76. The zero-order valence-electron chi connectivity index (χ0n) is 8.92. The molecule has 0 amide bonds. The maximum Gasteiger partial charge on any atom is 0.137 e. The van der Waals surface area contributed by atoms with Crippen molar-refractivity contribution >= 4 is 11.6 Å². The molecule has 0 saturated heterocycles. The first kappa shape index (κ1) is 10.8. The minimum atomic E-state index is 0.677. The molecule has 0 heterocycles. The van der Waals surface area contributed by atoms with Gasteiger partial charge in [0.05, 0.1) is 12.1 Å². The zero-order chi connectivity index (χ0) is 10.7. The Bertz CT molecular complexity index is 336. The van der Waals surface area contributed by atoms with E-state index in [9.17, 15) is 0 Å². The number of rotatable bonds is 5. The lowest BCUT2D eigenvalue weighted by molar-refractivity contribution is 0.414. The van der Waals surface area contributed by atoms with Crippen molar-refractivity contribution in [2.24, 2.45) is 0 Å². The standard InChI is InChI=1S/C12H16ClNO/c1-15-12-8-9(2-5-11(12)13)6-7-14-10-3-4-10/h2,5,8,10,14H,3-4,6-7H2,1H3. The van der Waals surface area contributed by atoms with Gasteiger partial charge < -0.3 is 10.1 Å². The van der Waals surface area contributed by atoms with E-state index in [1.807, 2.05) is 12.1 Å². The van der Waals surface area contributed by atoms with E-state index in [-0.39, 0.29) is 0 Å². The average molecular weight is 226 g/mol. The summed E-state index contributed by atoms with van der Waals surface area (Å²) >= 11 is 5.95. The van der Waals surface area contributed by atoms with Gasteiger partial charge in [-0.15, -0.1) is 0 Å². The summed E-state index contributed by atoms with van der Waals surface area (Å²) in [6.07, 6.45) is 3.71. The van der Waals surface area contributed by atoms with Crippen LogP contribution in [0, 0.1) is 0 Å². The Morgan fingerprint density at radius 2 is 2.27 bits per heavy atom. The van der Waals surface area contributed by atoms with Crippen molar-refractivity contribution in [3.8, 4) is 5.75 Å². The second-order valence-corrected chi connectivity index (χ2v) is 4.35. The Morgan fingerprint density at radius 3 is 2.93 bits per heavy atom. The molecule has 1 aromatic carbocycles. The Balaban J connectivity index is 1.89. The van der Waals surface area contributed by atoms with Crippen molar-refractivity contribution in [1.29, 1.82) is 0 Å². The third-order valence-electron chi connectivity index (χ3n) is 2.64. The smallest absolute Gasteiger partial charge is 0.137 e. The molecule has 1 aromatic rings. The molecule has 2 rings (SSSR count). The third-order valence-corrected chi connectivity index (χ3v) is 2.95. The largest absolute Gasteiger partial charge is 0.495 e. The van der Waals surface area contributed by atoms with Crippen molar-refractivity contribution in [3.05, 3.63) is 28.8 Å². The van der Waals surface area contributed by atoms with Crippen molar-refractivity contribution < 1.29 is 4.74 Å². The second-order valence-electron chi connectivity index (χ2n) is 3.95. The molecule has 82 valence electrons. The predicted molar refractivity (Wildman–Crippen MR) is 62.7 cm³/mol. The second kappa shape index (κ2) is 4.86. The Hall–Kier alpha value is -0.730. The van der Waals surface area contributed by atoms with E-state index in [0.717, 1.165) is 24.8 Å². The van der Waals surface area contributed by atoms with Gasteiger partial charge in [0.15, 0.2) is 0 Å². The number of nitrogens with one attached hydrogen (secondary N) is 1. The van der Waals surface area contributed by atoms with E-state index in [1.54, 1.807) is 7.11 Å². The van der Waals surface area contributed by atoms with Crippen LogP contribution < -0.4 is 10.1 Å². The first-order valence-corrected chi connectivity index (χ1v) is 5.73. The number of hydrogen-bond acceptors (Lipinski definition) is 2. The lowest BCUT2D eigenvalue weighted by Crippen LogP contribution is -2.19. The van der Waals surface area contributed by atoms with Crippen molar-refractivity contribution in [2.75, 3.05) is 13.7 Å². The van der Waals surface area contributed by atoms with E-state index in [2.05, 4.69) is 11.4 Å². The summed E-state index contributed by atoms with van der Waals surface area (Å²) in [5.41, 5.74) is 1.27. The van der Waals surface area contributed by atoms with Gasteiger partial charge in [0.1, 0.15) is 5.75 Å². The summed E-state index contributed by atoms with van der Waals surface area (Å²) in [5, 5.41) is 4.16. The summed E-state index contributed by atoms with van der Waals surface area (Å²) in [6.45, 7) is 1.04. The highest BCUT2D eigenvalue weighted by atomic mass is 35.5. The number of benzene rings is 1. The normalized spacial score (nSPS) is 15.3. The minimum Gasteiger partial charge on any atom is -0.495 e. The highest BCUT2D eigenvalue weighted by Crippen LogP contribution is 2.25. The molecule has 3 heteroatoms. The van der Waals surface area contributed by atoms with Gasteiger partial charge in [-0.2, -0.15) is 0 Å². The highest BCUT2D eigenvalue weighted by molar-refractivity contribution is 6.32. The van der Waals surface area contributed by atoms with E-state index in [1.165, 1.54) is 18.4 Å². The van der Waals surface area contributed by atoms with Crippen LogP contribution in [-0.4, -0.2) is 19.7 Å². The van der Waals surface area contributed by atoms with E-state index >= 15 is 0 Å². The molecule has 1 fully saturated rings. The molecule has 0 aliphatic heterocycles. The fraction of sp³-hybridized carbons (Fsp3) is 0.500. The summed E-state index contributed by atoms with van der Waals surface area (Å²) in [5.74, 6) is 0.764. The van der Waals surface area contributed by atoms with Crippen LogP contribution in [0.2, 0.25) is 5.02 Å². The lowest BCUT2D eigenvalue weighted by Gasteiger charge is -2.07. The predicted octanol–water partition coefficient (Wildman–Crippen LogP) is 2.64. The van der Waals surface area contributed by atoms with Gasteiger partial charge in [-0.05, 0) is 43.5 Å². The summed E-state index contributed by atoms with van der Waals surface area (Å²) in [6, 6.07) is 6.74. The molecule has 2 nitrogen and oxygen atoms in total. The van der Waals surface area contributed by atoms with Crippen LogP contribution in [0.3, 0.4) is 0 Å². The molecule has 1 N–H and O–H groups in total. The lowest BCUT2D eigenvalue weighted by atomic mass is 10.1. The van der Waals surface area contributed by atoms with Gasteiger partial charge >= 0.3 is 0 Å². The Morgan fingerprint density at radius 1 is 1.47 bits per heavy atom. The quantitative estimate of drug-likeness (QED) is 0.832. The van der Waals surface area contributed by atoms with E-state index < -0.39 is 0 Å². The number of methoxy groups -OCH3 is 1. The molecule has 0 bridgehead atoms. The summed E-state index contributed by atoms with van der Waals surface area (Å²) < 4.78 is 5.17. The molecule has 0 radical (unpaired) electrons. The topological polar surface area (TPSA) is 21.3 Å². The van der Waals surface area contributed by atoms with Crippen LogP contribution >= 0.6 is 11.6 Å². The van der Waals surface area contributed by atoms with E-state index in [4.69, 9.17) is 16.3 Å². The van der Waals surface area contributed by atoms with Crippen LogP contribution in [0.15, 0.2) is 18.2 Å². The summed E-state index contributed by atoms with van der Waals surface area (Å²) in [4.78, 5) is 0. The summed E-state index contributed by atoms with van der Waals surface area (Å²) in [7, 11) is 1.65. The highest BCUT2D eigenvalue weighted by Gasteiger charge is 2.19. The monoisotopic (exact) mass is 225 g/mol. The Kier molecular flexibility index (Phi) is 3.49. The number of halogens is 1.